The van der Waals surface area contributed by atoms with E-state index in [0.29, 0.717) is 92.5 Å². The summed E-state index contributed by atoms with van der Waals surface area (Å²) < 4.78 is 38.7. The highest BCUT2D eigenvalue weighted by molar-refractivity contribution is 7.59. The molecule has 2 aliphatic heterocycles. The van der Waals surface area contributed by atoms with Crippen LogP contribution in [0, 0.1) is 11.8 Å². The summed E-state index contributed by atoms with van der Waals surface area (Å²) in [5.74, 6) is 3.57. The number of nitrogens with one attached hydrogen (secondary N) is 1. The van der Waals surface area contributed by atoms with Crippen molar-refractivity contribution in [1.82, 2.24) is 25.3 Å². The van der Waals surface area contributed by atoms with Crippen LogP contribution in [-0.2, 0) is 27.1 Å². The van der Waals surface area contributed by atoms with E-state index in [1.807, 2.05) is 70.3 Å². The maximum Gasteiger partial charge on any atom is 0.407 e. The predicted molar refractivity (Wildman–Crippen MR) is 293 cm³/mol. The molecule has 2 saturated heterocycles. The molecule has 0 radical (unpaired) electrons. The van der Waals surface area contributed by atoms with E-state index in [1.54, 1.807) is 46.8 Å². The zero-order valence-corrected chi connectivity index (χ0v) is 46.1. The molecule has 0 bridgehead atoms. The van der Waals surface area contributed by atoms with Crippen molar-refractivity contribution in [1.29, 1.82) is 0 Å². The number of aromatic nitrogens is 4. The van der Waals surface area contributed by atoms with Gasteiger partial charge in [0.15, 0.2) is 0 Å². The first-order valence-electron chi connectivity index (χ1n) is 22.6. The van der Waals surface area contributed by atoms with E-state index in [-0.39, 0.29) is 63.1 Å². The van der Waals surface area contributed by atoms with Gasteiger partial charge in [-0.1, -0.05) is 58.5 Å². The Morgan fingerprint density at radius 1 is 0.662 bits per heavy atom. The Hall–Kier alpha value is -4.23. The lowest BCUT2D eigenvalue weighted by Gasteiger charge is -2.35. The standard InChI is InChI=1S/C28H33Cl2N3O5.C23H25Cl2N3O3.2H2S/c1-15-9-20(33-27(34)38-28(2,3)4)18(14-37-15)11-23-31-13-17-10-16(7-8-19(17)32-23)24-25(29)21(35-5)12-22(36-6)26(24)30;1-12-6-16(26)15(11-31-12)8-20-27-10-14-7-13(4-5-17(14)28-20)21-22(24)18(29-2)9-19(30-3)23(21)25;;/h7-8,10,12-13,15,18,20H,9,11,14H2,1-6H3,(H,33,34);4-5,7,9-10,12,15-16H,6,8,11,26H2,1-3H3;2*1H2/t15-,18+,20-;12-,15+,16-;;/m00../s1. The van der Waals surface area contributed by atoms with Gasteiger partial charge in [-0.2, -0.15) is 27.0 Å². The summed E-state index contributed by atoms with van der Waals surface area (Å²) >= 11 is 26.4. The summed E-state index contributed by atoms with van der Waals surface area (Å²) in [6.07, 6.45) is 6.19. The molecule has 1 amide bonds. The smallest absolute Gasteiger partial charge is 0.407 e. The van der Waals surface area contributed by atoms with Crippen LogP contribution in [0.4, 0.5) is 4.79 Å². The number of ether oxygens (including phenoxy) is 7. The molecular formula is C51H62Cl4N6O8S2. The summed E-state index contributed by atoms with van der Waals surface area (Å²) in [4.78, 5) is 31.1. The molecule has 4 heterocycles. The number of halogens is 4. The van der Waals surface area contributed by atoms with Gasteiger partial charge in [0.1, 0.15) is 40.2 Å². The highest BCUT2D eigenvalue weighted by Crippen LogP contribution is 2.48. The van der Waals surface area contributed by atoms with Gasteiger partial charge in [0.25, 0.3) is 0 Å². The molecular weight excluding hydrogens is 1030 g/mol. The van der Waals surface area contributed by atoms with Gasteiger partial charge < -0.3 is 44.2 Å². The number of carbonyl (C=O) groups excluding carboxylic acids is 1. The van der Waals surface area contributed by atoms with Crippen LogP contribution in [0.3, 0.4) is 0 Å². The summed E-state index contributed by atoms with van der Waals surface area (Å²) in [5.41, 5.74) is 10.2. The number of alkyl carbamates (subject to hydrolysis) is 1. The second kappa shape index (κ2) is 25.1. The number of nitrogens with two attached hydrogens (primary N) is 1. The fraction of sp³-hybridized carbons (Fsp3) is 0.431. The average molecular weight is 1090 g/mol. The van der Waals surface area contributed by atoms with Gasteiger partial charge in [-0.05, 0) is 82.9 Å². The maximum atomic E-state index is 12.4. The van der Waals surface area contributed by atoms with E-state index in [0.717, 1.165) is 45.2 Å². The minimum Gasteiger partial charge on any atom is -0.495 e. The monoisotopic (exact) mass is 1090 g/mol. The van der Waals surface area contributed by atoms with E-state index in [9.17, 15) is 4.79 Å². The Balaban J connectivity index is 0.000000262. The number of methoxy groups -OCH3 is 4. The van der Waals surface area contributed by atoms with Gasteiger partial charge in [-0.25, -0.2) is 24.7 Å². The fourth-order valence-electron chi connectivity index (χ4n) is 8.52. The lowest BCUT2D eigenvalue weighted by atomic mass is 9.90. The van der Waals surface area contributed by atoms with E-state index >= 15 is 0 Å². The van der Waals surface area contributed by atoms with Crippen LogP contribution >= 0.6 is 73.4 Å². The first-order chi connectivity index (χ1) is 32.9. The van der Waals surface area contributed by atoms with Gasteiger partial charge in [-0.3, -0.25) is 0 Å². The Labute approximate surface area is 449 Å². The highest BCUT2D eigenvalue weighted by atomic mass is 35.5. The summed E-state index contributed by atoms with van der Waals surface area (Å²) in [5, 5.41) is 6.37. The van der Waals surface area contributed by atoms with Crippen LogP contribution in [0.25, 0.3) is 44.1 Å². The summed E-state index contributed by atoms with van der Waals surface area (Å²) in [7, 11) is 6.19. The summed E-state index contributed by atoms with van der Waals surface area (Å²) in [6, 6.07) is 14.9. The fourth-order valence-corrected chi connectivity index (χ4v) is 9.96. The minimum absolute atomic E-state index is 0. The topological polar surface area (TPSA) is 171 Å². The molecule has 0 spiro atoms. The molecule has 20 heteroatoms. The normalized spacial score (nSPS) is 19.9. The van der Waals surface area contributed by atoms with E-state index in [4.69, 9.17) is 95.3 Å². The van der Waals surface area contributed by atoms with Crippen LogP contribution in [0.15, 0.2) is 60.9 Å². The maximum absolute atomic E-state index is 12.4. The third-order valence-corrected chi connectivity index (χ3v) is 13.6. The van der Waals surface area contributed by atoms with E-state index in [1.165, 1.54) is 0 Å². The number of amides is 1. The van der Waals surface area contributed by atoms with Crippen LogP contribution in [0.1, 0.15) is 59.1 Å². The third kappa shape index (κ3) is 13.9. The molecule has 14 nitrogen and oxygen atoms in total. The molecule has 384 valence electrons. The molecule has 71 heavy (non-hydrogen) atoms. The average Bonchev–Trinajstić information content (AvgIpc) is 3.30. The van der Waals surface area contributed by atoms with Crippen molar-refractivity contribution in [3.63, 3.8) is 0 Å². The quantitative estimate of drug-likeness (QED) is 0.126. The molecule has 8 rings (SSSR count). The van der Waals surface area contributed by atoms with Crippen molar-refractivity contribution in [3.8, 4) is 45.3 Å². The van der Waals surface area contributed by atoms with Gasteiger partial charge in [-0.15, -0.1) is 0 Å². The number of hydrogen-bond donors (Lipinski definition) is 2. The first-order valence-corrected chi connectivity index (χ1v) is 24.1. The molecule has 4 aromatic carbocycles. The number of nitrogens with zero attached hydrogens (tertiary/aromatic N) is 4. The van der Waals surface area contributed by atoms with Gasteiger partial charge in [0.2, 0.25) is 0 Å². The molecule has 3 N–H and O–H groups in total. The van der Waals surface area contributed by atoms with Crippen molar-refractivity contribution >= 4 is 101 Å². The number of rotatable bonds is 11. The van der Waals surface area contributed by atoms with E-state index in [2.05, 4.69) is 22.2 Å². The third-order valence-electron chi connectivity index (χ3n) is 12.1. The van der Waals surface area contributed by atoms with Crippen molar-refractivity contribution in [2.75, 3.05) is 41.7 Å². The molecule has 0 aliphatic carbocycles. The number of benzene rings is 4. The van der Waals surface area contributed by atoms with Crippen LogP contribution in [0.5, 0.6) is 23.0 Å². The molecule has 6 atom stereocenters. The number of fused-ring (bicyclic) bond motifs is 2. The van der Waals surface area contributed by atoms with Crippen LogP contribution in [0.2, 0.25) is 20.1 Å². The zero-order valence-electron chi connectivity index (χ0n) is 41.1. The first kappa shape index (κ1) is 57.7. The molecule has 0 saturated carbocycles. The largest absolute Gasteiger partial charge is 0.495 e. The highest BCUT2D eigenvalue weighted by Gasteiger charge is 2.33. The van der Waals surface area contributed by atoms with Gasteiger partial charge in [0, 0.05) is 83.2 Å². The molecule has 0 unspecified atom stereocenters. The lowest BCUT2D eigenvalue weighted by Crippen LogP contribution is -2.49. The Kier molecular flexibility index (Phi) is 20.4. The molecule has 6 aromatic rings. The lowest BCUT2D eigenvalue weighted by molar-refractivity contribution is -0.0265. The predicted octanol–water partition coefficient (Wildman–Crippen LogP) is 11.6. The molecule has 2 fully saturated rings. The van der Waals surface area contributed by atoms with Crippen molar-refractivity contribution < 1.29 is 38.0 Å². The number of hydrogen-bond acceptors (Lipinski definition) is 13. The van der Waals surface area contributed by atoms with Crippen molar-refractivity contribution in [2.24, 2.45) is 17.6 Å². The summed E-state index contributed by atoms with van der Waals surface area (Å²) in [6.45, 7) is 10.7. The van der Waals surface area contributed by atoms with Gasteiger partial charge in [0.05, 0.1) is 85.0 Å². The Morgan fingerprint density at radius 3 is 1.48 bits per heavy atom. The van der Waals surface area contributed by atoms with Crippen LogP contribution in [-0.4, -0.2) is 97.6 Å². The SMILES string of the molecule is COc1cc(OC)c(Cl)c(-c2ccc3nc(C[C@@H]4CO[C@@H](C)C[C@@H]4N)ncc3c2)c1Cl.COc1cc(OC)c(Cl)c(-c2ccc3nc(C[C@@H]4CO[C@@H](C)C[C@@H]4NC(=O)OC(C)(C)C)ncc3c2)c1Cl.S.S. The van der Waals surface area contributed by atoms with Crippen LogP contribution < -0.4 is 30.0 Å². The zero-order chi connectivity index (χ0) is 49.7. The number of carbonyl (C=O) groups is 1. The Morgan fingerprint density at radius 2 is 1.07 bits per heavy atom. The van der Waals surface area contributed by atoms with Crippen molar-refractivity contribution in [2.45, 2.75) is 90.2 Å². The van der Waals surface area contributed by atoms with Gasteiger partial charge >= 0.3 is 6.09 Å². The molecule has 2 aliphatic rings. The van der Waals surface area contributed by atoms with E-state index < -0.39 is 11.7 Å². The second-order valence-corrected chi connectivity index (χ2v) is 19.8. The van der Waals surface area contributed by atoms with Crippen molar-refractivity contribution in [3.05, 3.63) is 92.7 Å². The second-order valence-electron chi connectivity index (χ2n) is 18.3. The minimum atomic E-state index is -0.568. The Bertz CT molecular complexity index is 2770. The molecule has 2 aromatic heterocycles.